The van der Waals surface area contributed by atoms with E-state index < -0.39 is 0 Å². The summed E-state index contributed by atoms with van der Waals surface area (Å²) in [5, 5.41) is 3.01. The maximum absolute atomic E-state index is 12.7. The number of carbonyl (C=O) groups is 1. The molecule has 1 saturated heterocycles. The Morgan fingerprint density at radius 1 is 1.18 bits per heavy atom. The number of rotatable bonds is 2. The van der Waals surface area contributed by atoms with Crippen LogP contribution in [0.2, 0.25) is 0 Å². The quantitative estimate of drug-likeness (QED) is 0.792. The second-order valence-corrected chi connectivity index (χ2v) is 6.47. The molecule has 114 valence electrons. The minimum atomic E-state index is -0.0300. The van der Waals surface area contributed by atoms with Crippen molar-refractivity contribution >= 4 is 27.6 Å². The molecule has 0 aromatic heterocycles. The van der Waals surface area contributed by atoms with Crippen LogP contribution in [0.3, 0.4) is 0 Å². The van der Waals surface area contributed by atoms with Crippen LogP contribution in [0.15, 0.2) is 53.0 Å². The third kappa shape index (κ3) is 3.02. The van der Waals surface area contributed by atoms with Crippen LogP contribution in [-0.4, -0.2) is 17.5 Å². The third-order valence-electron chi connectivity index (χ3n) is 4.18. The van der Waals surface area contributed by atoms with Gasteiger partial charge in [0.1, 0.15) is 0 Å². The van der Waals surface area contributed by atoms with Gasteiger partial charge in [-0.1, -0.05) is 36.4 Å². The summed E-state index contributed by atoms with van der Waals surface area (Å²) in [5.74, 6) is 0. The fourth-order valence-corrected chi connectivity index (χ4v) is 3.43. The summed E-state index contributed by atoms with van der Waals surface area (Å²) in [4.78, 5) is 14.6. The van der Waals surface area contributed by atoms with Crippen LogP contribution in [0.25, 0.3) is 0 Å². The Morgan fingerprint density at radius 3 is 2.68 bits per heavy atom. The van der Waals surface area contributed by atoms with Gasteiger partial charge < -0.3 is 10.2 Å². The van der Waals surface area contributed by atoms with Gasteiger partial charge in [-0.25, -0.2) is 4.79 Å². The number of hydrogen-bond acceptors (Lipinski definition) is 1. The summed E-state index contributed by atoms with van der Waals surface area (Å²) in [6.07, 6.45) is 2.07. The van der Waals surface area contributed by atoms with Gasteiger partial charge in [0.15, 0.2) is 0 Å². The molecular formula is C18H19BrN2O. The molecule has 1 fully saturated rings. The van der Waals surface area contributed by atoms with Gasteiger partial charge in [0.2, 0.25) is 0 Å². The molecule has 1 N–H and O–H groups in total. The molecule has 2 aromatic rings. The van der Waals surface area contributed by atoms with E-state index in [0.29, 0.717) is 0 Å². The van der Waals surface area contributed by atoms with Crippen LogP contribution in [0.4, 0.5) is 10.5 Å². The molecule has 1 heterocycles. The van der Waals surface area contributed by atoms with Gasteiger partial charge >= 0.3 is 6.03 Å². The molecule has 3 nitrogen and oxygen atoms in total. The van der Waals surface area contributed by atoms with Gasteiger partial charge in [0, 0.05) is 11.0 Å². The summed E-state index contributed by atoms with van der Waals surface area (Å²) in [5.41, 5.74) is 3.30. The number of halogens is 1. The number of benzene rings is 2. The molecule has 22 heavy (non-hydrogen) atoms. The molecule has 4 heteroatoms. The Kier molecular flexibility index (Phi) is 4.48. The highest BCUT2D eigenvalue weighted by molar-refractivity contribution is 9.10. The van der Waals surface area contributed by atoms with Gasteiger partial charge in [-0.15, -0.1) is 0 Å². The summed E-state index contributed by atoms with van der Waals surface area (Å²) < 4.78 is 0.898. The minimum Gasteiger partial charge on any atom is -0.317 e. The number of nitrogens with zero attached hydrogens (tertiary/aromatic N) is 1. The molecular weight excluding hydrogens is 340 g/mol. The fourth-order valence-electron chi connectivity index (χ4n) is 3.04. The molecule has 3 rings (SSSR count). The van der Waals surface area contributed by atoms with E-state index >= 15 is 0 Å². The van der Waals surface area contributed by atoms with Gasteiger partial charge in [0.25, 0.3) is 0 Å². The highest BCUT2D eigenvalue weighted by Gasteiger charge is 2.30. The molecule has 1 atom stereocenters. The van der Waals surface area contributed by atoms with Crippen LogP contribution < -0.4 is 5.32 Å². The number of para-hydroxylation sites is 1. The maximum atomic E-state index is 12.7. The summed E-state index contributed by atoms with van der Waals surface area (Å²) in [6.45, 7) is 2.91. The summed E-state index contributed by atoms with van der Waals surface area (Å²) in [7, 11) is 0. The first-order valence-electron chi connectivity index (χ1n) is 7.54. The highest BCUT2D eigenvalue weighted by Crippen LogP contribution is 2.34. The molecule has 0 bridgehead atoms. The maximum Gasteiger partial charge on any atom is 0.322 e. The minimum absolute atomic E-state index is 0.0300. The van der Waals surface area contributed by atoms with Crippen molar-refractivity contribution in [2.24, 2.45) is 0 Å². The number of aryl methyl sites for hydroxylation is 1. The first kappa shape index (κ1) is 15.1. The zero-order valence-electron chi connectivity index (χ0n) is 12.6. The van der Waals surface area contributed by atoms with E-state index in [-0.39, 0.29) is 12.1 Å². The largest absolute Gasteiger partial charge is 0.322 e. The third-order valence-corrected chi connectivity index (χ3v) is 4.87. The summed E-state index contributed by atoms with van der Waals surface area (Å²) >= 11 is 3.47. The van der Waals surface area contributed by atoms with Gasteiger partial charge in [0.05, 0.1) is 11.7 Å². The Labute approximate surface area is 139 Å². The molecule has 2 aromatic carbocycles. The molecule has 0 aliphatic carbocycles. The predicted octanol–water partition coefficient (Wildman–Crippen LogP) is 5.13. The number of hydrogen-bond donors (Lipinski definition) is 1. The first-order chi connectivity index (χ1) is 10.7. The van der Waals surface area contributed by atoms with Crippen LogP contribution in [0.1, 0.15) is 30.0 Å². The lowest BCUT2D eigenvalue weighted by atomic mass is 9.99. The number of likely N-dealkylation sites (tertiary alicyclic amines) is 1. The number of urea groups is 1. The van der Waals surface area contributed by atoms with Crippen molar-refractivity contribution in [3.63, 3.8) is 0 Å². The average molecular weight is 359 g/mol. The zero-order valence-corrected chi connectivity index (χ0v) is 14.1. The van der Waals surface area contributed by atoms with Gasteiger partial charge in [-0.05, 0) is 59.0 Å². The molecule has 1 aliphatic rings. The van der Waals surface area contributed by atoms with Crippen molar-refractivity contribution in [3.8, 4) is 0 Å². The lowest BCUT2D eigenvalue weighted by Gasteiger charge is -2.26. The normalized spacial score (nSPS) is 17.5. The van der Waals surface area contributed by atoms with E-state index in [1.54, 1.807) is 0 Å². The standard InChI is InChI=1S/C18H19BrN2O/c1-13-7-2-3-8-14(13)17-11-6-12-21(17)18(22)20-16-10-5-4-9-15(16)19/h2-5,7-10,17H,6,11-12H2,1H3,(H,20,22)/t17-/m0/s1. The number of nitrogens with one attached hydrogen (secondary N) is 1. The molecule has 2 amide bonds. The Balaban J connectivity index is 1.80. The zero-order chi connectivity index (χ0) is 15.5. The molecule has 1 aliphatic heterocycles. The van der Waals surface area contributed by atoms with Crippen LogP contribution in [-0.2, 0) is 0 Å². The first-order valence-corrected chi connectivity index (χ1v) is 8.34. The molecule has 0 saturated carbocycles. The van der Waals surface area contributed by atoms with Crippen molar-refractivity contribution in [1.29, 1.82) is 0 Å². The van der Waals surface area contributed by atoms with Crippen molar-refractivity contribution in [2.45, 2.75) is 25.8 Å². The van der Waals surface area contributed by atoms with E-state index in [9.17, 15) is 4.79 Å². The monoisotopic (exact) mass is 358 g/mol. The Hall–Kier alpha value is -1.81. The summed E-state index contributed by atoms with van der Waals surface area (Å²) in [6, 6.07) is 16.2. The second kappa shape index (κ2) is 6.53. The van der Waals surface area contributed by atoms with Crippen LogP contribution >= 0.6 is 15.9 Å². The van der Waals surface area contributed by atoms with E-state index in [2.05, 4.69) is 40.3 Å². The van der Waals surface area contributed by atoms with Crippen molar-refractivity contribution in [3.05, 3.63) is 64.1 Å². The predicted molar refractivity (Wildman–Crippen MR) is 93.0 cm³/mol. The lowest BCUT2D eigenvalue weighted by Crippen LogP contribution is -2.34. The molecule has 0 spiro atoms. The Morgan fingerprint density at radius 2 is 1.91 bits per heavy atom. The smallest absolute Gasteiger partial charge is 0.317 e. The lowest BCUT2D eigenvalue weighted by molar-refractivity contribution is 0.207. The molecule has 0 unspecified atom stereocenters. The number of amides is 2. The second-order valence-electron chi connectivity index (χ2n) is 5.62. The van der Waals surface area contributed by atoms with Crippen molar-refractivity contribution < 1.29 is 4.79 Å². The number of anilines is 1. The van der Waals surface area contributed by atoms with E-state index in [4.69, 9.17) is 0 Å². The van der Waals surface area contributed by atoms with Gasteiger partial charge in [-0.2, -0.15) is 0 Å². The van der Waals surface area contributed by atoms with Crippen LogP contribution in [0.5, 0.6) is 0 Å². The van der Waals surface area contributed by atoms with E-state index in [0.717, 1.165) is 29.5 Å². The SMILES string of the molecule is Cc1ccccc1[C@@H]1CCCN1C(=O)Nc1ccccc1Br. The Bertz CT molecular complexity index is 686. The fraction of sp³-hybridized carbons (Fsp3) is 0.278. The van der Waals surface area contributed by atoms with Crippen LogP contribution in [0, 0.1) is 6.92 Å². The molecule has 0 radical (unpaired) electrons. The topological polar surface area (TPSA) is 32.3 Å². The van der Waals surface area contributed by atoms with Crippen molar-refractivity contribution in [1.82, 2.24) is 4.90 Å². The van der Waals surface area contributed by atoms with Crippen molar-refractivity contribution in [2.75, 3.05) is 11.9 Å². The highest BCUT2D eigenvalue weighted by atomic mass is 79.9. The average Bonchev–Trinajstić information content (AvgIpc) is 2.99. The van der Waals surface area contributed by atoms with Gasteiger partial charge in [-0.3, -0.25) is 0 Å². The van der Waals surface area contributed by atoms with E-state index in [1.807, 2.05) is 41.3 Å². The van der Waals surface area contributed by atoms with E-state index in [1.165, 1.54) is 11.1 Å². The number of carbonyl (C=O) groups excluding carboxylic acids is 1.